The zero-order valence-electron chi connectivity index (χ0n) is 30.2. The molecule has 1 aliphatic carbocycles. The molecule has 18 heteroatoms. The van der Waals surface area contributed by atoms with E-state index in [1.165, 1.54) is 12.8 Å². The van der Waals surface area contributed by atoms with Gasteiger partial charge < -0.3 is 78.7 Å². The number of allylic oxidation sites excluding steroid dienone is 1. The first-order valence-electron chi connectivity index (χ1n) is 18.3. The Morgan fingerprint density at radius 2 is 1.71 bits per heavy atom. The summed E-state index contributed by atoms with van der Waals surface area (Å²) in [5.74, 6) is 0.372. The number of halogens is 1. The second-order valence-electron chi connectivity index (χ2n) is 13.6. The summed E-state index contributed by atoms with van der Waals surface area (Å²) < 4.78 is 33.2. The molecule has 300 valence electrons. The normalized spacial score (nSPS) is 35.0. The maximum absolute atomic E-state index is 12.2. The molecule has 5 aliphatic heterocycles. The second kappa shape index (κ2) is 24.6. The van der Waals surface area contributed by atoms with Crippen LogP contribution in [0.3, 0.4) is 0 Å². The van der Waals surface area contributed by atoms with Gasteiger partial charge in [-0.3, -0.25) is 10.1 Å². The minimum Gasteiger partial charge on any atom is -0.497 e. The number of nitrogens with two attached hydrogens (primary N) is 5. The first-order valence-corrected chi connectivity index (χ1v) is 18.3. The Bertz CT molecular complexity index is 976. The fourth-order valence-electron chi connectivity index (χ4n) is 6.29. The standard InChI is InChI=1S/C13H24FN3O3.C6H14N2O4.2C6H11NO.C2H7N/c14-6-12(19)16-9-3-8(15)4-10(5-9)17-13-2-1-11(7-18)20-13;7-1-2-4(9)5(10)3(8)6(11)12-2;1-3-7-4-2-6(1)5-8-6;7-5-6-3-1-2-4-8-6;1-2-3/h8-11,13,17-18H,1-7,15H2,(H,16,19);2-6,9-11H,1,7-8H2;7H,1-5H2;3H,1-2,4-5,7H2;2-3H2,1H3/t;2-,3+,4+,5?,6-;;;/m.0.../s1. The van der Waals surface area contributed by atoms with Gasteiger partial charge in [-0.2, -0.15) is 0 Å². The van der Waals surface area contributed by atoms with Gasteiger partial charge in [-0.05, 0) is 83.5 Å². The molecule has 1 spiro atoms. The van der Waals surface area contributed by atoms with Crippen LogP contribution in [0.4, 0.5) is 4.39 Å². The van der Waals surface area contributed by atoms with E-state index in [-0.39, 0.29) is 43.6 Å². The number of aliphatic hydroxyl groups is 4. The number of nitrogens with one attached hydrogen (secondary N) is 3. The molecule has 51 heavy (non-hydrogen) atoms. The number of amides is 1. The SMILES string of the molecule is C1CC2(CCN1)CO2.CCN.NC1CC(NC(=O)CF)CC(NC2CCC(CO)O2)C1.NCC1=CCCCO1.NC[C@@H]1O[C@H](O)[C@H](N)C(O)[C@@H]1O. The van der Waals surface area contributed by atoms with Gasteiger partial charge in [0.05, 0.1) is 44.1 Å². The predicted molar refractivity (Wildman–Crippen MR) is 189 cm³/mol. The largest absolute Gasteiger partial charge is 0.497 e. The third-order valence-electron chi connectivity index (χ3n) is 9.24. The summed E-state index contributed by atoms with van der Waals surface area (Å²) in [5, 5.41) is 46.0. The number of hydrogen-bond donors (Lipinski definition) is 12. The second-order valence-corrected chi connectivity index (χ2v) is 13.6. The summed E-state index contributed by atoms with van der Waals surface area (Å²) in [6.45, 7) is 6.46. The van der Waals surface area contributed by atoms with Crippen LogP contribution in [0, 0.1) is 0 Å². The molecule has 0 bridgehead atoms. The molecule has 10 atom stereocenters. The lowest BCUT2D eigenvalue weighted by Crippen LogP contribution is -2.62. The average Bonchev–Trinajstić information content (AvgIpc) is 3.72. The smallest absolute Gasteiger partial charge is 0.251 e. The summed E-state index contributed by atoms with van der Waals surface area (Å²) >= 11 is 0. The van der Waals surface area contributed by atoms with E-state index >= 15 is 0 Å². The molecule has 17 N–H and O–H groups in total. The van der Waals surface area contributed by atoms with E-state index in [2.05, 4.69) is 22.0 Å². The van der Waals surface area contributed by atoms with Crippen molar-refractivity contribution in [2.75, 3.05) is 59.2 Å². The first kappa shape index (κ1) is 45.5. The molecule has 0 radical (unpaired) electrons. The van der Waals surface area contributed by atoms with Crippen molar-refractivity contribution in [3.63, 3.8) is 0 Å². The Labute approximate surface area is 301 Å². The lowest BCUT2D eigenvalue weighted by Gasteiger charge is -2.38. The molecule has 1 amide bonds. The van der Waals surface area contributed by atoms with Crippen LogP contribution in [-0.4, -0.2) is 152 Å². The highest BCUT2D eigenvalue weighted by Crippen LogP contribution is 2.35. The third kappa shape index (κ3) is 16.9. The molecule has 6 aliphatic rings. The van der Waals surface area contributed by atoms with Gasteiger partial charge >= 0.3 is 0 Å². The molecule has 6 rings (SSSR count). The zero-order valence-corrected chi connectivity index (χ0v) is 30.2. The molecule has 5 fully saturated rings. The lowest BCUT2D eigenvalue weighted by molar-refractivity contribution is -0.238. The van der Waals surface area contributed by atoms with Crippen LogP contribution >= 0.6 is 0 Å². The maximum Gasteiger partial charge on any atom is 0.251 e. The van der Waals surface area contributed by atoms with Gasteiger partial charge in [0.15, 0.2) is 13.0 Å². The van der Waals surface area contributed by atoms with Crippen molar-refractivity contribution in [3.05, 3.63) is 11.8 Å². The van der Waals surface area contributed by atoms with Crippen LogP contribution in [0.15, 0.2) is 11.8 Å². The Morgan fingerprint density at radius 3 is 2.20 bits per heavy atom. The van der Waals surface area contributed by atoms with Gasteiger partial charge in [0, 0.05) is 24.7 Å². The Hall–Kier alpha value is -1.62. The number of aliphatic hydroxyl groups excluding tert-OH is 4. The molecular weight excluding hydrogens is 671 g/mol. The highest BCUT2D eigenvalue weighted by atomic mass is 19.1. The Balaban J connectivity index is 0.000000247. The monoisotopic (exact) mass is 739 g/mol. The van der Waals surface area contributed by atoms with Gasteiger partial charge in [0.1, 0.15) is 30.3 Å². The fraction of sp³-hybridized carbons (Fsp3) is 0.909. The summed E-state index contributed by atoms with van der Waals surface area (Å²) in [6.07, 6.45) is 6.20. The van der Waals surface area contributed by atoms with E-state index in [1.54, 1.807) is 0 Å². The summed E-state index contributed by atoms with van der Waals surface area (Å²) in [5.41, 5.74) is 27.0. The summed E-state index contributed by atoms with van der Waals surface area (Å²) in [4.78, 5) is 11.1. The van der Waals surface area contributed by atoms with E-state index in [1.807, 2.05) is 6.92 Å². The number of epoxide rings is 1. The van der Waals surface area contributed by atoms with Crippen molar-refractivity contribution in [2.24, 2.45) is 28.7 Å². The van der Waals surface area contributed by atoms with Gasteiger partial charge in [0.25, 0.3) is 5.91 Å². The van der Waals surface area contributed by atoms with Crippen molar-refractivity contribution in [3.8, 4) is 0 Å². The molecule has 0 aromatic carbocycles. The molecule has 0 aromatic heterocycles. The van der Waals surface area contributed by atoms with Crippen LogP contribution in [-0.2, 0) is 23.7 Å². The van der Waals surface area contributed by atoms with Gasteiger partial charge in [0.2, 0.25) is 0 Å². The average molecular weight is 739 g/mol. The van der Waals surface area contributed by atoms with E-state index in [9.17, 15) is 19.4 Å². The molecule has 5 heterocycles. The number of alkyl halides is 1. The minimum atomic E-state index is -1.27. The molecule has 17 nitrogen and oxygen atoms in total. The van der Waals surface area contributed by atoms with Crippen LogP contribution < -0.4 is 44.6 Å². The van der Waals surface area contributed by atoms with Crippen LogP contribution in [0.1, 0.15) is 64.7 Å². The number of hydrogen-bond acceptors (Lipinski definition) is 16. The van der Waals surface area contributed by atoms with E-state index in [0.717, 1.165) is 77.1 Å². The Morgan fingerprint density at radius 1 is 1.04 bits per heavy atom. The van der Waals surface area contributed by atoms with Crippen LogP contribution in [0.2, 0.25) is 0 Å². The zero-order chi connectivity index (χ0) is 37.8. The highest BCUT2D eigenvalue weighted by molar-refractivity contribution is 5.77. The quantitative estimate of drug-likeness (QED) is 0.115. The van der Waals surface area contributed by atoms with Crippen molar-refractivity contribution in [1.29, 1.82) is 0 Å². The van der Waals surface area contributed by atoms with Gasteiger partial charge in [-0.25, -0.2) is 4.39 Å². The fourth-order valence-corrected chi connectivity index (χ4v) is 6.29. The topological polar surface area (TPSA) is 304 Å². The number of piperidine rings is 1. The van der Waals surface area contributed by atoms with Crippen molar-refractivity contribution in [2.45, 2.75) is 131 Å². The molecular formula is C33H67FN8O9. The van der Waals surface area contributed by atoms with Crippen molar-refractivity contribution < 1.29 is 48.6 Å². The number of rotatable bonds is 7. The highest BCUT2D eigenvalue weighted by Gasteiger charge is 2.45. The van der Waals surface area contributed by atoms with E-state index in [4.69, 9.17) is 57.8 Å². The predicted octanol–water partition coefficient (Wildman–Crippen LogP) is -3.14. The van der Waals surface area contributed by atoms with E-state index in [0.29, 0.717) is 18.6 Å². The minimum absolute atomic E-state index is 0.0128. The number of ether oxygens (including phenoxy) is 4. The summed E-state index contributed by atoms with van der Waals surface area (Å²) in [6, 6.07) is -0.940. The molecule has 6 unspecified atom stereocenters. The lowest BCUT2D eigenvalue weighted by atomic mass is 9.87. The number of carbonyl (C=O) groups excluding carboxylic acids is 1. The van der Waals surface area contributed by atoms with Crippen molar-refractivity contribution >= 4 is 5.91 Å². The third-order valence-corrected chi connectivity index (χ3v) is 9.24. The van der Waals surface area contributed by atoms with Gasteiger partial charge in [-0.1, -0.05) is 6.92 Å². The maximum atomic E-state index is 12.2. The van der Waals surface area contributed by atoms with Crippen LogP contribution in [0.5, 0.6) is 0 Å². The molecule has 0 aromatic rings. The summed E-state index contributed by atoms with van der Waals surface area (Å²) in [7, 11) is 0. The van der Waals surface area contributed by atoms with Crippen LogP contribution in [0.25, 0.3) is 0 Å². The van der Waals surface area contributed by atoms with Gasteiger partial charge in [-0.15, -0.1) is 0 Å². The molecule has 1 saturated carbocycles. The van der Waals surface area contributed by atoms with Crippen molar-refractivity contribution in [1.82, 2.24) is 16.0 Å². The number of carbonyl (C=O) groups is 1. The first-order chi connectivity index (χ1) is 24.4. The Kier molecular flexibility index (Phi) is 22.0. The van der Waals surface area contributed by atoms with E-state index < -0.39 is 43.2 Å². The molecule has 4 saturated heterocycles.